The zero-order valence-corrected chi connectivity index (χ0v) is 20.3. The van der Waals surface area contributed by atoms with E-state index < -0.39 is 0 Å². The van der Waals surface area contributed by atoms with Crippen LogP contribution in [0.3, 0.4) is 0 Å². The Morgan fingerprint density at radius 1 is 1.08 bits per heavy atom. The van der Waals surface area contributed by atoms with Gasteiger partial charge in [-0.3, -0.25) is 14.6 Å². The fraction of sp³-hybridized carbons (Fsp3) is 0.321. The Balaban J connectivity index is 1.23. The maximum Gasteiger partial charge on any atom is 0.130 e. The maximum atomic E-state index is 12.9. The van der Waals surface area contributed by atoms with Gasteiger partial charge in [-0.25, -0.2) is 9.37 Å². The molecule has 8 heteroatoms. The molecule has 2 aliphatic rings. The third-order valence-electron chi connectivity index (χ3n) is 7.19. The smallest absolute Gasteiger partial charge is 0.130 e. The van der Waals surface area contributed by atoms with Gasteiger partial charge in [0.05, 0.1) is 18.4 Å². The molecule has 1 saturated heterocycles. The van der Waals surface area contributed by atoms with Crippen LogP contribution in [0.1, 0.15) is 17.0 Å². The molecule has 0 spiro atoms. The molecule has 36 heavy (non-hydrogen) atoms. The van der Waals surface area contributed by atoms with E-state index in [2.05, 4.69) is 67.5 Å². The Labute approximate surface area is 210 Å². The summed E-state index contributed by atoms with van der Waals surface area (Å²) in [4.78, 5) is 11.3. The van der Waals surface area contributed by atoms with Gasteiger partial charge in [0.25, 0.3) is 0 Å². The van der Waals surface area contributed by atoms with Crippen LogP contribution in [-0.2, 0) is 19.5 Å². The first-order valence-electron chi connectivity index (χ1n) is 12.5. The van der Waals surface area contributed by atoms with Crippen molar-refractivity contribution in [1.29, 1.82) is 0 Å². The first-order chi connectivity index (χ1) is 17.7. The highest BCUT2D eigenvalue weighted by Crippen LogP contribution is 2.30. The van der Waals surface area contributed by atoms with Gasteiger partial charge in [-0.1, -0.05) is 18.7 Å². The van der Waals surface area contributed by atoms with Crippen LogP contribution in [0.2, 0.25) is 0 Å². The highest BCUT2D eigenvalue weighted by molar-refractivity contribution is 5.89. The van der Waals surface area contributed by atoms with Crippen LogP contribution in [0.4, 0.5) is 10.2 Å². The molecule has 3 aromatic heterocycles. The molecule has 0 radical (unpaired) electrons. The van der Waals surface area contributed by atoms with E-state index in [-0.39, 0.29) is 6.67 Å². The number of rotatable bonds is 8. The number of hydrogen-bond donors (Lipinski definition) is 2. The Morgan fingerprint density at radius 3 is 2.83 bits per heavy atom. The largest absolute Gasteiger partial charge is 0.340 e. The van der Waals surface area contributed by atoms with Crippen molar-refractivity contribution in [2.24, 2.45) is 5.92 Å². The van der Waals surface area contributed by atoms with E-state index in [0.717, 1.165) is 83.0 Å². The molecular weight excluding hydrogens is 453 g/mol. The number of aromatic nitrogens is 4. The molecule has 0 unspecified atom stereocenters. The predicted octanol–water partition coefficient (Wildman–Crippen LogP) is 4.12. The molecule has 1 aromatic carbocycles. The molecule has 0 amide bonds. The molecule has 6 rings (SSSR count). The van der Waals surface area contributed by atoms with Crippen molar-refractivity contribution in [2.45, 2.75) is 19.5 Å². The van der Waals surface area contributed by atoms with E-state index in [1.165, 1.54) is 0 Å². The Hall–Kier alpha value is -3.62. The van der Waals surface area contributed by atoms with Crippen molar-refractivity contribution in [3.05, 3.63) is 78.5 Å². The molecule has 2 N–H and O–H groups in total. The van der Waals surface area contributed by atoms with Gasteiger partial charge in [0.2, 0.25) is 0 Å². The summed E-state index contributed by atoms with van der Waals surface area (Å²) >= 11 is 0. The second-order valence-corrected chi connectivity index (χ2v) is 9.69. The Bertz CT molecular complexity index is 1410. The summed E-state index contributed by atoms with van der Waals surface area (Å²) in [6.45, 7) is 8.84. The maximum absolute atomic E-state index is 12.9. The van der Waals surface area contributed by atoms with Crippen molar-refractivity contribution >= 4 is 22.3 Å². The van der Waals surface area contributed by atoms with Crippen LogP contribution < -0.4 is 10.6 Å². The number of fused-ring (bicyclic) bond motifs is 2. The molecule has 4 aromatic rings. The van der Waals surface area contributed by atoms with Crippen LogP contribution in [-0.4, -0.2) is 57.5 Å². The standard InChI is InChI=1S/C28H30FN7/c1-19(21-4-6-31-25(12-21)10-20-14-30-15-20)34-28-13-24-11-22(2-3-23(24)16-32-28)26-17-33-36-9-8-35(7-5-29)18-27(26)36/h2-4,6,11-13,16-17,20,30H,1,5,7-10,14-15,18H2,(H,32,34). The molecule has 0 bridgehead atoms. The fourth-order valence-corrected chi connectivity index (χ4v) is 5.02. The number of nitrogens with one attached hydrogen (secondary N) is 2. The Kier molecular flexibility index (Phi) is 6.21. The molecule has 0 aliphatic carbocycles. The SMILES string of the molecule is C=C(Nc1cc2cc(-c3cnn4c3CN(CCF)CC4)ccc2cn1)c1ccnc(CC2CNC2)c1. The monoisotopic (exact) mass is 483 g/mol. The van der Waals surface area contributed by atoms with Crippen LogP contribution in [0.25, 0.3) is 27.6 Å². The zero-order chi connectivity index (χ0) is 24.5. The number of anilines is 1. The number of pyridine rings is 2. The minimum Gasteiger partial charge on any atom is -0.340 e. The first-order valence-corrected chi connectivity index (χ1v) is 12.5. The Morgan fingerprint density at radius 2 is 2.00 bits per heavy atom. The average Bonchev–Trinajstić information content (AvgIpc) is 3.29. The van der Waals surface area contributed by atoms with Crippen molar-refractivity contribution < 1.29 is 4.39 Å². The molecule has 5 heterocycles. The summed E-state index contributed by atoms with van der Waals surface area (Å²) < 4.78 is 15.0. The summed E-state index contributed by atoms with van der Waals surface area (Å²) in [6.07, 6.45) is 6.64. The van der Waals surface area contributed by atoms with E-state index in [4.69, 9.17) is 0 Å². The van der Waals surface area contributed by atoms with Gasteiger partial charge in [-0.2, -0.15) is 5.10 Å². The van der Waals surface area contributed by atoms with E-state index in [1.54, 1.807) is 0 Å². The lowest BCUT2D eigenvalue weighted by Crippen LogP contribution is -2.43. The molecule has 0 atom stereocenters. The van der Waals surface area contributed by atoms with Crippen molar-refractivity contribution in [1.82, 2.24) is 30.0 Å². The van der Waals surface area contributed by atoms with Gasteiger partial charge < -0.3 is 10.6 Å². The zero-order valence-electron chi connectivity index (χ0n) is 20.3. The summed E-state index contributed by atoms with van der Waals surface area (Å²) in [5.74, 6) is 1.41. The van der Waals surface area contributed by atoms with Crippen LogP contribution >= 0.6 is 0 Å². The van der Waals surface area contributed by atoms with Gasteiger partial charge in [-0.15, -0.1) is 0 Å². The summed E-state index contributed by atoms with van der Waals surface area (Å²) in [5.41, 5.74) is 6.25. The molecule has 0 saturated carbocycles. The lowest BCUT2D eigenvalue weighted by molar-refractivity contribution is 0.197. The highest BCUT2D eigenvalue weighted by Gasteiger charge is 2.21. The second kappa shape index (κ2) is 9.79. The lowest BCUT2D eigenvalue weighted by Gasteiger charge is -2.27. The number of halogens is 1. The van der Waals surface area contributed by atoms with E-state index in [1.807, 2.05) is 29.3 Å². The van der Waals surface area contributed by atoms with Gasteiger partial charge in [-0.05, 0) is 60.6 Å². The van der Waals surface area contributed by atoms with Crippen molar-refractivity contribution in [3.8, 4) is 11.1 Å². The minimum absolute atomic E-state index is 0.327. The van der Waals surface area contributed by atoms with Crippen molar-refractivity contribution in [3.63, 3.8) is 0 Å². The van der Waals surface area contributed by atoms with Crippen LogP contribution in [0.5, 0.6) is 0 Å². The third kappa shape index (κ3) is 4.62. The van der Waals surface area contributed by atoms with Crippen LogP contribution in [0, 0.1) is 5.92 Å². The molecule has 2 aliphatic heterocycles. The van der Waals surface area contributed by atoms with Gasteiger partial charge in [0.1, 0.15) is 12.5 Å². The lowest BCUT2D eigenvalue weighted by atomic mass is 9.96. The van der Waals surface area contributed by atoms with E-state index >= 15 is 0 Å². The molecule has 184 valence electrons. The van der Waals surface area contributed by atoms with Gasteiger partial charge >= 0.3 is 0 Å². The third-order valence-corrected chi connectivity index (χ3v) is 7.19. The van der Waals surface area contributed by atoms with Crippen LogP contribution in [0.15, 0.2) is 61.6 Å². The van der Waals surface area contributed by atoms with Gasteiger partial charge in [0.15, 0.2) is 0 Å². The van der Waals surface area contributed by atoms with Gasteiger partial charge in [0, 0.05) is 59.9 Å². The fourth-order valence-electron chi connectivity index (χ4n) is 5.02. The number of hydrogen-bond acceptors (Lipinski definition) is 6. The van der Waals surface area contributed by atoms with Crippen molar-refractivity contribution in [2.75, 3.05) is 38.2 Å². The highest BCUT2D eigenvalue weighted by atomic mass is 19.1. The van der Waals surface area contributed by atoms with E-state index in [9.17, 15) is 4.39 Å². The summed E-state index contributed by atoms with van der Waals surface area (Å²) in [6, 6.07) is 12.5. The quantitative estimate of drug-likeness (QED) is 0.393. The normalized spacial score (nSPS) is 16.0. The number of benzene rings is 1. The van der Waals surface area contributed by atoms with E-state index in [0.29, 0.717) is 19.0 Å². The molecular formula is C28H30FN7. The second-order valence-electron chi connectivity index (χ2n) is 9.69. The topological polar surface area (TPSA) is 70.9 Å². The molecule has 1 fully saturated rings. The number of alkyl halides is 1. The minimum atomic E-state index is -0.327. The molecule has 7 nitrogen and oxygen atoms in total. The average molecular weight is 484 g/mol. The predicted molar refractivity (Wildman–Crippen MR) is 141 cm³/mol. The number of nitrogens with zero attached hydrogens (tertiary/aromatic N) is 5. The summed E-state index contributed by atoms with van der Waals surface area (Å²) in [7, 11) is 0. The summed E-state index contributed by atoms with van der Waals surface area (Å²) in [5, 5.41) is 13.4. The first kappa shape index (κ1) is 22.8.